The molecule has 1 amide bonds. The van der Waals surface area contributed by atoms with E-state index in [2.05, 4.69) is 5.32 Å². The molecule has 4 saturated carbocycles. The van der Waals surface area contributed by atoms with Crippen LogP contribution in [0.1, 0.15) is 92.9 Å². The SMILES string of the molecule is CCC(C)(C)OC(=O)NC12CC3CC(C1)CC(OC(=O)C(C)(C)CC)(C3)C2. The molecule has 5 heteroatoms. The Morgan fingerprint density at radius 1 is 1.00 bits per heavy atom. The Morgan fingerprint density at radius 3 is 2.11 bits per heavy atom. The molecule has 4 aliphatic carbocycles. The maximum atomic E-state index is 12.8. The lowest BCUT2D eigenvalue weighted by Gasteiger charge is -2.61. The molecule has 0 spiro atoms. The van der Waals surface area contributed by atoms with Crippen LogP contribution in [0.4, 0.5) is 4.79 Å². The summed E-state index contributed by atoms with van der Waals surface area (Å²) in [4.78, 5) is 25.4. The molecular formula is C22H37NO4. The molecule has 0 radical (unpaired) electrons. The van der Waals surface area contributed by atoms with Crippen molar-refractivity contribution in [3.05, 3.63) is 0 Å². The van der Waals surface area contributed by atoms with E-state index in [1.807, 2.05) is 41.5 Å². The summed E-state index contributed by atoms with van der Waals surface area (Å²) in [6, 6.07) is 0. The molecule has 4 aliphatic rings. The zero-order chi connectivity index (χ0) is 20.1. The minimum absolute atomic E-state index is 0.100. The van der Waals surface area contributed by atoms with Crippen LogP contribution in [0.5, 0.6) is 0 Å². The lowest BCUT2D eigenvalue weighted by molar-refractivity contribution is -0.200. The largest absolute Gasteiger partial charge is 0.459 e. The van der Waals surface area contributed by atoms with Crippen molar-refractivity contribution in [1.29, 1.82) is 0 Å². The van der Waals surface area contributed by atoms with Crippen LogP contribution < -0.4 is 5.32 Å². The molecular weight excluding hydrogens is 342 g/mol. The second kappa shape index (κ2) is 6.66. The minimum Gasteiger partial charge on any atom is -0.459 e. The maximum Gasteiger partial charge on any atom is 0.408 e. The third-order valence-corrected chi connectivity index (χ3v) is 7.34. The van der Waals surface area contributed by atoms with Gasteiger partial charge >= 0.3 is 12.1 Å². The molecule has 0 aromatic heterocycles. The summed E-state index contributed by atoms with van der Waals surface area (Å²) in [5.74, 6) is 0.934. The van der Waals surface area contributed by atoms with E-state index >= 15 is 0 Å². The van der Waals surface area contributed by atoms with E-state index in [1.165, 1.54) is 6.42 Å². The molecule has 0 aromatic carbocycles. The summed E-state index contributed by atoms with van der Waals surface area (Å²) in [6.07, 6.45) is 6.93. The third kappa shape index (κ3) is 4.12. The average Bonchev–Trinajstić information content (AvgIpc) is 2.51. The van der Waals surface area contributed by atoms with E-state index in [4.69, 9.17) is 9.47 Å². The first-order valence-corrected chi connectivity index (χ1v) is 10.7. The Balaban J connectivity index is 1.75. The molecule has 0 aromatic rings. The number of nitrogens with one attached hydrogen (secondary N) is 1. The second-order valence-corrected chi connectivity index (χ2v) is 10.7. The second-order valence-electron chi connectivity index (χ2n) is 10.7. The smallest absolute Gasteiger partial charge is 0.408 e. The highest BCUT2D eigenvalue weighted by Gasteiger charge is 2.60. The number of hydrogen-bond donors (Lipinski definition) is 1. The summed E-state index contributed by atoms with van der Waals surface area (Å²) >= 11 is 0. The predicted molar refractivity (Wildman–Crippen MR) is 104 cm³/mol. The number of carbonyl (C=O) groups is 2. The van der Waals surface area contributed by atoms with Crippen LogP contribution in [-0.4, -0.2) is 28.8 Å². The van der Waals surface area contributed by atoms with Crippen molar-refractivity contribution in [2.24, 2.45) is 17.3 Å². The summed E-state index contributed by atoms with van der Waals surface area (Å²) in [7, 11) is 0. The molecule has 0 heterocycles. The van der Waals surface area contributed by atoms with Gasteiger partial charge in [0.2, 0.25) is 0 Å². The van der Waals surface area contributed by atoms with E-state index in [1.54, 1.807) is 0 Å². The normalized spacial score (nSPS) is 35.0. The van der Waals surface area contributed by atoms with Gasteiger partial charge in [-0.15, -0.1) is 0 Å². The van der Waals surface area contributed by atoms with Gasteiger partial charge in [0.25, 0.3) is 0 Å². The fourth-order valence-corrected chi connectivity index (χ4v) is 5.49. The Labute approximate surface area is 163 Å². The molecule has 4 rings (SSSR count). The molecule has 2 atom stereocenters. The van der Waals surface area contributed by atoms with E-state index in [-0.39, 0.29) is 17.6 Å². The van der Waals surface area contributed by atoms with Gasteiger partial charge in [0, 0.05) is 12.0 Å². The van der Waals surface area contributed by atoms with Crippen LogP contribution >= 0.6 is 0 Å². The molecule has 2 unspecified atom stereocenters. The minimum atomic E-state index is -0.471. The van der Waals surface area contributed by atoms with Gasteiger partial charge in [-0.05, 0) is 84.5 Å². The number of carbonyl (C=O) groups excluding carboxylic acids is 2. The molecule has 27 heavy (non-hydrogen) atoms. The van der Waals surface area contributed by atoms with Gasteiger partial charge in [0.15, 0.2) is 0 Å². The quantitative estimate of drug-likeness (QED) is 0.662. The monoisotopic (exact) mass is 379 g/mol. The maximum absolute atomic E-state index is 12.8. The van der Waals surface area contributed by atoms with Gasteiger partial charge in [-0.25, -0.2) is 4.79 Å². The van der Waals surface area contributed by atoms with E-state index < -0.39 is 16.6 Å². The van der Waals surface area contributed by atoms with Crippen molar-refractivity contribution in [1.82, 2.24) is 5.32 Å². The molecule has 5 nitrogen and oxygen atoms in total. The number of ether oxygens (including phenoxy) is 2. The number of hydrogen-bond acceptors (Lipinski definition) is 4. The Morgan fingerprint density at radius 2 is 1.59 bits per heavy atom. The standard InChI is InChI=1S/C22H37NO4/c1-7-19(3,4)17(24)26-22-12-15-9-16(13-22)11-21(10-15,14-22)23-18(25)27-20(5,6)8-2/h15-16H,7-14H2,1-6H3,(H,23,25). The van der Waals surface area contributed by atoms with Gasteiger partial charge in [-0.2, -0.15) is 0 Å². The van der Waals surface area contributed by atoms with Crippen molar-refractivity contribution in [2.75, 3.05) is 0 Å². The zero-order valence-corrected chi connectivity index (χ0v) is 17.9. The number of esters is 1. The van der Waals surface area contributed by atoms with Gasteiger partial charge in [0.1, 0.15) is 11.2 Å². The number of rotatable bonds is 6. The Kier molecular flexibility index (Phi) is 5.05. The van der Waals surface area contributed by atoms with E-state index in [9.17, 15) is 9.59 Å². The van der Waals surface area contributed by atoms with Crippen LogP contribution in [0.2, 0.25) is 0 Å². The first kappa shape index (κ1) is 20.5. The summed E-state index contributed by atoms with van der Waals surface area (Å²) in [6.45, 7) is 11.8. The average molecular weight is 380 g/mol. The first-order chi connectivity index (χ1) is 12.4. The molecule has 4 bridgehead atoms. The lowest BCUT2D eigenvalue weighted by Crippen LogP contribution is -2.67. The van der Waals surface area contributed by atoms with Crippen molar-refractivity contribution in [3.63, 3.8) is 0 Å². The summed E-state index contributed by atoms with van der Waals surface area (Å²) < 4.78 is 11.9. The highest BCUT2D eigenvalue weighted by atomic mass is 16.6. The van der Waals surface area contributed by atoms with Gasteiger partial charge < -0.3 is 14.8 Å². The van der Waals surface area contributed by atoms with E-state index in [0.29, 0.717) is 11.8 Å². The van der Waals surface area contributed by atoms with Crippen LogP contribution in [0.3, 0.4) is 0 Å². The first-order valence-electron chi connectivity index (χ1n) is 10.7. The van der Waals surface area contributed by atoms with Crippen molar-refractivity contribution >= 4 is 12.1 Å². The van der Waals surface area contributed by atoms with Gasteiger partial charge in [0.05, 0.1) is 5.41 Å². The highest BCUT2D eigenvalue weighted by molar-refractivity contribution is 5.76. The molecule has 1 N–H and O–H groups in total. The van der Waals surface area contributed by atoms with Crippen LogP contribution in [0.15, 0.2) is 0 Å². The summed E-state index contributed by atoms with van der Waals surface area (Å²) in [5.41, 5.74) is -1.64. The Hall–Kier alpha value is -1.26. The highest BCUT2D eigenvalue weighted by Crippen LogP contribution is 2.59. The third-order valence-electron chi connectivity index (χ3n) is 7.34. The van der Waals surface area contributed by atoms with Crippen molar-refractivity contribution in [3.8, 4) is 0 Å². The molecule has 154 valence electrons. The molecule has 4 fully saturated rings. The molecule has 0 aliphatic heterocycles. The topological polar surface area (TPSA) is 64.6 Å². The predicted octanol–water partition coefficient (Wildman–Crippen LogP) is 4.97. The molecule has 0 saturated heterocycles. The number of alkyl carbamates (subject to hydrolysis) is 1. The summed E-state index contributed by atoms with van der Waals surface area (Å²) in [5, 5.41) is 3.21. The zero-order valence-electron chi connectivity index (χ0n) is 17.9. The van der Waals surface area contributed by atoms with Gasteiger partial charge in [-0.1, -0.05) is 13.8 Å². The van der Waals surface area contributed by atoms with Crippen LogP contribution in [0.25, 0.3) is 0 Å². The van der Waals surface area contributed by atoms with Crippen molar-refractivity contribution < 1.29 is 19.1 Å². The van der Waals surface area contributed by atoms with Crippen LogP contribution in [0, 0.1) is 17.3 Å². The van der Waals surface area contributed by atoms with E-state index in [0.717, 1.165) is 44.9 Å². The number of amides is 1. The van der Waals surface area contributed by atoms with Gasteiger partial charge in [-0.3, -0.25) is 4.79 Å². The Bertz CT molecular complexity index is 595. The fraction of sp³-hybridized carbons (Fsp3) is 0.909. The lowest BCUT2D eigenvalue weighted by atomic mass is 9.51. The fourth-order valence-electron chi connectivity index (χ4n) is 5.49. The van der Waals surface area contributed by atoms with Crippen LogP contribution in [-0.2, 0) is 14.3 Å². The van der Waals surface area contributed by atoms with Crippen molar-refractivity contribution in [2.45, 2.75) is 110 Å².